The summed E-state index contributed by atoms with van der Waals surface area (Å²) in [6.45, 7) is 2.76. The van der Waals surface area contributed by atoms with Gasteiger partial charge in [0, 0.05) is 44.8 Å². The number of aromatic nitrogens is 1. The third kappa shape index (κ3) is 2.17. The number of rotatable bonds is 2. The predicted octanol–water partition coefficient (Wildman–Crippen LogP) is 1.00. The molecular formula is C13H17ClN4O. The van der Waals surface area contributed by atoms with E-state index in [-0.39, 0.29) is 5.91 Å². The van der Waals surface area contributed by atoms with Crippen LogP contribution in [0.3, 0.4) is 0 Å². The number of hydrogen-bond donors (Lipinski definition) is 1. The van der Waals surface area contributed by atoms with E-state index in [1.165, 1.54) is 0 Å². The number of carbonyl (C=O) groups excluding carboxylic acids is 1. The van der Waals surface area contributed by atoms with Crippen LogP contribution in [0.15, 0.2) is 12.3 Å². The number of nitrogens with two attached hydrogens (primary N) is 1. The van der Waals surface area contributed by atoms with Crippen LogP contribution in [0.25, 0.3) is 0 Å². The van der Waals surface area contributed by atoms with Gasteiger partial charge in [0.1, 0.15) is 5.82 Å². The Morgan fingerprint density at radius 3 is 3.11 bits per heavy atom. The van der Waals surface area contributed by atoms with Gasteiger partial charge >= 0.3 is 0 Å². The highest BCUT2D eigenvalue weighted by Gasteiger charge is 2.36. The second-order valence-electron chi connectivity index (χ2n) is 5.04. The highest BCUT2D eigenvalue weighted by Crippen LogP contribution is 2.30. The molecule has 0 spiro atoms. The third-order valence-electron chi connectivity index (χ3n) is 3.96. The molecule has 2 fully saturated rings. The molecule has 1 amide bonds. The number of fused-ring (bicyclic) bond motifs is 1. The van der Waals surface area contributed by atoms with Gasteiger partial charge in [-0.1, -0.05) is 11.6 Å². The van der Waals surface area contributed by atoms with E-state index < -0.39 is 0 Å². The van der Waals surface area contributed by atoms with E-state index in [0.717, 1.165) is 37.4 Å². The normalized spacial score (nSPS) is 22.8. The van der Waals surface area contributed by atoms with Crippen LogP contribution < -0.4 is 10.6 Å². The van der Waals surface area contributed by atoms with Crippen LogP contribution >= 0.6 is 11.6 Å². The van der Waals surface area contributed by atoms with Gasteiger partial charge in [0.25, 0.3) is 0 Å². The first-order valence-corrected chi connectivity index (χ1v) is 6.96. The molecule has 1 aromatic heterocycles. The molecule has 0 aromatic carbocycles. The first-order chi connectivity index (χ1) is 9.20. The predicted molar refractivity (Wildman–Crippen MR) is 74.1 cm³/mol. The van der Waals surface area contributed by atoms with E-state index in [2.05, 4.69) is 9.88 Å². The quantitative estimate of drug-likeness (QED) is 0.878. The minimum atomic E-state index is 0.277. The molecule has 2 aliphatic rings. The molecule has 102 valence electrons. The number of halogens is 1. The van der Waals surface area contributed by atoms with E-state index >= 15 is 0 Å². The number of amides is 1. The molecule has 2 saturated heterocycles. The summed E-state index contributed by atoms with van der Waals surface area (Å²) in [7, 11) is 0. The first kappa shape index (κ1) is 12.7. The number of anilines is 1. The van der Waals surface area contributed by atoms with E-state index in [9.17, 15) is 4.79 Å². The smallest absolute Gasteiger partial charge is 0.223 e. The van der Waals surface area contributed by atoms with Crippen molar-refractivity contribution in [2.45, 2.75) is 25.4 Å². The minimum absolute atomic E-state index is 0.277. The highest BCUT2D eigenvalue weighted by molar-refractivity contribution is 6.33. The summed E-state index contributed by atoms with van der Waals surface area (Å²) in [5.74, 6) is 1.07. The maximum atomic E-state index is 11.7. The van der Waals surface area contributed by atoms with Gasteiger partial charge in [-0.3, -0.25) is 4.79 Å². The number of hydrogen-bond acceptors (Lipinski definition) is 4. The lowest BCUT2D eigenvalue weighted by Gasteiger charge is -2.38. The summed E-state index contributed by atoms with van der Waals surface area (Å²) in [6.07, 6.45) is 3.35. The van der Waals surface area contributed by atoms with Crippen LogP contribution in [0.2, 0.25) is 5.02 Å². The molecule has 3 heterocycles. The summed E-state index contributed by atoms with van der Waals surface area (Å²) >= 11 is 6.35. The Morgan fingerprint density at radius 1 is 1.47 bits per heavy atom. The lowest BCUT2D eigenvalue weighted by atomic mass is 10.1. The van der Waals surface area contributed by atoms with Crippen LogP contribution in [0, 0.1) is 0 Å². The van der Waals surface area contributed by atoms with Crippen LogP contribution in [-0.2, 0) is 11.3 Å². The van der Waals surface area contributed by atoms with Crippen molar-refractivity contribution in [2.75, 3.05) is 24.5 Å². The molecule has 1 atom stereocenters. The van der Waals surface area contributed by atoms with Crippen LogP contribution in [0.1, 0.15) is 18.4 Å². The molecule has 5 nitrogen and oxygen atoms in total. The molecule has 1 unspecified atom stereocenters. The summed E-state index contributed by atoms with van der Waals surface area (Å²) in [5, 5.41) is 0.641. The van der Waals surface area contributed by atoms with Gasteiger partial charge in [0.2, 0.25) is 5.91 Å². The van der Waals surface area contributed by atoms with Crippen molar-refractivity contribution in [3.05, 3.63) is 22.8 Å². The van der Waals surface area contributed by atoms with Gasteiger partial charge in [-0.15, -0.1) is 0 Å². The topological polar surface area (TPSA) is 62.5 Å². The third-order valence-corrected chi connectivity index (χ3v) is 4.38. The van der Waals surface area contributed by atoms with Crippen LogP contribution in [0.4, 0.5) is 5.82 Å². The van der Waals surface area contributed by atoms with E-state index in [1.54, 1.807) is 6.20 Å². The van der Waals surface area contributed by atoms with E-state index in [1.807, 2.05) is 11.0 Å². The molecular weight excluding hydrogens is 264 g/mol. The zero-order valence-electron chi connectivity index (χ0n) is 10.7. The van der Waals surface area contributed by atoms with Gasteiger partial charge < -0.3 is 15.5 Å². The van der Waals surface area contributed by atoms with Crippen molar-refractivity contribution in [1.82, 2.24) is 9.88 Å². The molecule has 0 aliphatic carbocycles. The largest absolute Gasteiger partial charge is 0.352 e. The number of carbonyl (C=O) groups is 1. The molecule has 0 bridgehead atoms. The Hall–Kier alpha value is -1.33. The second kappa shape index (κ2) is 4.98. The summed E-state index contributed by atoms with van der Waals surface area (Å²) in [5.41, 5.74) is 6.58. The van der Waals surface area contributed by atoms with Gasteiger partial charge in [-0.2, -0.15) is 0 Å². The van der Waals surface area contributed by atoms with Gasteiger partial charge in [0.05, 0.1) is 5.02 Å². The van der Waals surface area contributed by atoms with Crippen molar-refractivity contribution in [3.63, 3.8) is 0 Å². The van der Waals surface area contributed by atoms with Gasteiger partial charge in [0.15, 0.2) is 0 Å². The lowest BCUT2D eigenvalue weighted by molar-refractivity contribution is -0.129. The van der Waals surface area contributed by atoms with Gasteiger partial charge in [-0.05, 0) is 18.1 Å². The highest BCUT2D eigenvalue weighted by atomic mass is 35.5. The Morgan fingerprint density at radius 2 is 2.32 bits per heavy atom. The fourth-order valence-corrected chi connectivity index (χ4v) is 3.21. The Bertz CT molecular complexity index is 507. The summed E-state index contributed by atoms with van der Waals surface area (Å²) in [6, 6.07) is 2.15. The molecule has 0 radical (unpaired) electrons. The minimum Gasteiger partial charge on any atom is -0.352 e. The average molecular weight is 281 g/mol. The van der Waals surface area contributed by atoms with Crippen molar-refractivity contribution in [2.24, 2.45) is 5.73 Å². The zero-order chi connectivity index (χ0) is 13.4. The fourth-order valence-electron chi connectivity index (χ4n) is 2.91. The first-order valence-electron chi connectivity index (χ1n) is 6.58. The molecule has 2 N–H and O–H groups in total. The second-order valence-corrected chi connectivity index (χ2v) is 5.42. The van der Waals surface area contributed by atoms with Crippen molar-refractivity contribution in [1.29, 1.82) is 0 Å². The molecule has 6 heteroatoms. The SMILES string of the molecule is NCc1ccnc(N2CCN3C(=O)CCC3C2)c1Cl. The van der Waals surface area contributed by atoms with Crippen LogP contribution in [-0.4, -0.2) is 41.5 Å². The standard InChI is InChI=1S/C13H17ClN4O/c14-12-9(7-15)3-4-16-13(12)17-5-6-18-10(8-17)1-2-11(18)19/h3-4,10H,1-2,5-8,15H2. The average Bonchev–Trinajstić information content (AvgIpc) is 2.80. The maximum absolute atomic E-state index is 11.7. The molecule has 19 heavy (non-hydrogen) atoms. The lowest BCUT2D eigenvalue weighted by Crippen LogP contribution is -2.51. The van der Waals surface area contributed by atoms with E-state index in [0.29, 0.717) is 24.0 Å². The Kier molecular flexibility index (Phi) is 3.33. The zero-order valence-corrected chi connectivity index (χ0v) is 11.4. The Balaban J connectivity index is 1.83. The summed E-state index contributed by atoms with van der Waals surface area (Å²) in [4.78, 5) is 20.2. The van der Waals surface area contributed by atoms with Gasteiger partial charge in [-0.25, -0.2) is 4.98 Å². The number of pyridine rings is 1. The maximum Gasteiger partial charge on any atom is 0.223 e. The Labute approximate surface area is 117 Å². The molecule has 3 rings (SSSR count). The van der Waals surface area contributed by atoms with Crippen LogP contribution in [0.5, 0.6) is 0 Å². The summed E-state index contributed by atoms with van der Waals surface area (Å²) < 4.78 is 0. The van der Waals surface area contributed by atoms with Crippen molar-refractivity contribution < 1.29 is 4.79 Å². The fraction of sp³-hybridized carbons (Fsp3) is 0.538. The van der Waals surface area contributed by atoms with Crippen molar-refractivity contribution >= 4 is 23.3 Å². The molecule has 2 aliphatic heterocycles. The molecule has 0 saturated carbocycles. The van der Waals surface area contributed by atoms with Crippen molar-refractivity contribution in [3.8, 4) is 0 Å². The monoisotopic (exact) mass is 280 g/mol. The number of nitrogens with zero attached hydrogens (tertiary/aromatic N) is 3. The van der Waals surface area contributed by atoms with E-state index in [4.69, 9.17) is 17.3 Å². The molecule has 1 aromatic rings. The number of piperazine rings is 1.